The van der Waals surface area contributed by atoms with Gasteiger partial charge in [0.25, 0.3) is 0 Å². The number of carbonyl (C=O) groups excluding carboxylic acids is 1. The van der Waals surface area contributed by atoms with Crippen molar-refractivity contribution in [3.8, 4) is 0 Å². The van der Waals surface area contributed by atoms with Crippen molar-refractivity contribution in [1.29, 1.82) is 0 Å². The molecule has 0 aliphatic heterocycles. The summed E-state index contributed by atoms with van der Waals surface area (Å²) in [6, 6.07) is 0. The maximum absolute atomic E-state index is 10.2. The third-order valence-corrected chi connectivity index (χ3v) is 3.98. The van der Waals surface area contributed by atoms with E-state index < -0.39 is 5.97 Å². The van der Waals surface area contributed by atoms with Gasteiger partial charge in [-0.05, 0) is 12.8 Å². The average Bonchev–Trinajstić information content (AvgIpc) is 2.43. The summed E-state index contributed by atoms with van der Waals surface area (Å²) in [5.41, 5.74) is 0. The molecular formula is C18H35FeMgO5Ti+. The number of unbranched alkanes of at least 4 members (excludes halogenated alkanes) is 14. The van der Waals surface area contributed by atoms with Gasteiger partial charge >= 0.3 is 61.8 Å². The van der Waals surface area contributed by atoms with Crippen LogP contribution in [0.2, 0.25) is 0 Å². The Morgan fingerprint density at radius 3 is 1.08 bits per heavy atom. The molecule has 26 heavy (non-hydrogen) atoms. The third-order valence-electron chi connectivity index (χ3n) is 3.98. The van der Waals surface area contributed by atoms with Crippen LogP contribution in [-0.4, -0.2) is 29.0 Å². The summed E-state index contributed by atoms with van der Waals surface area (Å²) in [5, 5.41) is 10.2. The first-order chi connectivity index (χ1) is 9.77. The molecule has 0 radical (unpaired) electrons. The molecule has 0 saturated carbocycles. The molecule has 0 rings (SSSR count). The Labute approximate surface area is 202 Å². The van der Waals surface area contributed by atoms with Gasteiger partial charge in [0.2, 0.25) is 0 Å². The molecule has 0 aromatic carbocycles. The SMILES string of the molecule is CCCCCCCCCCCCCCCCCC(=O)[O-].[Fe+2].[Mg+2].[O-2].[O-2].[O-2].[Ti+4]. The number of carboxylic acids is 1. The first kappa shape index (κ1) is 45.9. The van der Waals surface area contributed by atoms with Crippen molar-refractivity contribution in [1.82, 2.24) is 0 Å². The van der Waals surface area contributed by atoms with Crippen molar-refractivity contribution >= 4 is 29.0 Å². The number of hydrogen-bond acceptors (Lipinski definition) is 2. The maximum Gasteiger partial charge on any atom is 4.00 e. The van der Waals surface area contributed by atoms with Gasteiger partial charge in [0, 0.05) is 5.97 Å². The fraction of sp³-hybridized carbons (Fsp3) is 0.944. The molecule has 0 aromatic rings. The van der Waals surface area contributed by atoms with Crippen LogP contribution in [0.25, 0.3) is 0 Å². The molecule has 0 amide bonds. The zero-order valence-electron chi connectivity index (χ0n) is 16.4. The van der Waals surface area contributed by atoms with Gasteiger partial charge in [0.05, 0.1) is 0 Å². The molecule has 0 N–H and O–H groups in total. The van der Waals surface area contributed by atoms with Crippen molar-refractivity contribution in [3.05, 3.63) is 0 Å². The minimum absolute atomic E-state index is 0. The van der Waals surface area contributed by atoms with Gasteiger partial charge in [-0.15, -0.1) is 0 Å². The van der Waals surface area contributed by atoms with Gasteiger partial charge in [0.1, 0.15) is 0 Å². The van der Waals surface area contributed by atoms with E-state index in [1.165, 1.54) is 83.5 Å². The molecule has 0 spiro atoms. The molecular weight excluding hydrogens is 424 g/mol. The second-order valence-corrected chi connectivity index (χ2v) is 6.07. The fourth-order valence-corrected chi connectivity index (χ4v) is 2.64. The second kappa shape index (κ2) is 40.9. The first-order valence-electron chi connectivity index (χ1n) is 8.97. The number of aliphatic carboxylic acids is 1. The van der Waals surface area contributed by atoms with Gasteiger partial charge in [-0.3, -0.25) is 0 Å². The van der Waals surface area contributed by atoms with E-state index in [1.54, 1.807) is 0 Å². The summed E-state index contributed by atoms with van der Waals surface area (Å²) < 4.78 is 0. The monoisotopic (exact) mass is 459 g/mol. The molecule has 0 aromatic heterocycles. The summed E-state index contributed by atoms with van der Waals surface area (Å²) in [4.78, 5) is 10.2. The Bertz CT molecular complexity index is 228. The Hall–Kier alpha value is 1.35. The normalized spacial score (nSPS) is 8.35. The fourth-order valence-electron chi connectivity index (χ4n) is 2.64. The molecule has 5 nitrogen and oxygen atoms in total. The van der Waals surface area contributed by atoms with Gasteiger partial charge in [0.15, 0.2) is 0 Å². The zero-order chi connectivity index (χ0) is 14.9. The van der Waals surface area contributed by atoms with E-state index in [2.05, 4.69) is 6.92 Å². The Kier molecular flexibility index (Phi) is 72.1. The minimum atomic E-state index is -0.903. The van der Waals surface area contributed by atoms with E-state index in [-0.39, 0.29) is 84.7 Å². The third kappa shape index (κ3) is 44.6. The van der Waals surface area contributed by atoms with Crippen molar-refractivity contribution in [2.75, 3.05) is 0 Å². The first-order valence-corrected chi connectivity index (χ1v) is 8.97. The largest absolute Gasteiger partial charge is 4.00 e. The number of carboxylic acid groups (broad SMARTS) is 1. The Morgan fingerprint density at radius 2 is 0.846 bits per heavy atom. The molecule has 150 valence electrons. The van der Waals surface area contributed by atoms with E-state index >= 15 is 0 Å². The second-order valence-electron chi connectivity index (χ2n) is 6.07. The van der Waals surface area contributed by atoms with E-state index in [0.29, 0.717) is 0 Å². The van der Waals surface area contributed by atoms with Crippen LogP contribution in [0.3, 0.4) is 0 Å². The smallest absolute Gasteiger partial charge is 2.00 e. The number of rotatable bonds is 16. The van der Waals surface area contributed by atoms with Crippen LogP contribution >= 0.6 is 0 Å². The van der Waals surface area contributed by atoms with Crippen LogP contribution in [0.4, 0.5) is 0 Å². The van der Waals surface area contributed by atoms with Crippen LogP contribution in [0.15, 0.2) is 0 Å². The summed E-state index contributed by atoms with van der Waals surface area (Å²) in [6.45, 7) is 2.27. The maximum atomic E-state index is 10.2. The van der Waals surface area contributed by atoms with E-state index in [1.807, 2.05) is 0 Å². The van der Waals surface area contributed by atoms with Crippen molar-refractivity contribution in [2.24, 2.45) is 0 Å². The summed E-state index contributed by atoms with van der Waals surface area (Å²) >= 11 is 0. The topological polar surface area (TPSA) is 126 Å². The van der Waals surface area contributed by atoms with Gasteiger partial charge < -0.3 is 26.3 Å². The van der Waals surface area contributed by atoms with Crippen molar-refractivity contribution < 1.29 is 65.1 Å². The van der Waals surface area contributed by atoms with Crippen LogP contribution in [0, 0.1) is 0 Å². The van der Waals surface area contributed by atoms with E-state index in [4.69, 9.17) is 0 Å². The molecule has 8 heteroatoms. The zero-order valence-corrected chi connectivity index (χ0v) is 20.5. The predicted molar refractivity (Wildman–Crippen MR) is 92.4 cm³/mol. The van der Waals surface area contributed by atoms with Crippen LogP contribution < -0.4 is 5.11 Å². The summed E-state index contributed by atoms with van der Waals surface area (Å²) in [5.74, 6) is -0.903. The molecule has 0 atom stereocenters. The summed E-state index contributed by atoms with van der Waals surface area (Å²) in [7, 11) is 0. The van der Waals surface area contributed by atoms with Crippen molar-refractivity contribution in [3.63, 3.8) is 0 Å². The molecule has 0 heterocycles. The Morgan fingerprint density at radius 1 is 0.615 bits per heavy atom. The molecule has 0 aliphatic rings. The number of carbonyl (C=O) groups is 1. The average molecular weight is 459 g/mol. The molecule has 0 saturated heterocycles. The molecule has 0 aliphatic carbocycles. The van der Waals surface area contributed by atoms with Crippen LogP contribution in [0.5, 0.6) is 0 Å². The van der Waals surface area contributed by atoms with E-state index in [0.717, 1.165) is 12.8 Å². The number of hydrogen-bond donors (Lipinski definition) is 0. The predicted octanol–water partition coefficient (Wildman–Crippen LogP) is 4.26. The van der Waals surface area contributed by atoms with Crippen LogP contribution in [-0.2, 0) is 60.0 Å². The van der Waals surface area contributed by atoms with Gasteiger partial charge in [-0.2, -0.15) is 0 Å². The molecule has 0 fully saturated rings. The quantitative estimate of drug-likeness (QED) is 0.253. The van der Waals surface area contributed by atoms with Gasteiger partial charge in [-0.25, -0.2) is 0 Å². The summed E-state index contributed by atoms with van der Waals surface area (Å²) in [6.07, 6.45) is 19.9. The minimum Gasteiger partial charge on any atom is -2.00 e. The molecule has 0 bridgehead atoms. The van der Waals surface area contributed by atoms with Crippen molar-refractivity contribution in [2.45, 2.75) is 110 Å². The molecule has 0 unspecified atom stereocenters. The standard InChI is InChI=1S/C18H36O2.Fe.Mg.3O.Ti/c1-2-3-4-5-6-7-8-9-10-11-12-13-14-15-16-17-18(19)20;;;;;;/h2-17H2,1H3,(H,19,20);;;;;;/q;2*+2;3*-2;+4/p-1. The van der Waals surface area contributed by atoms with Gasteiger partial charge in [-0.1, -0.05) is 96.8 Å². The van der Waals surface area contributed by atoms with Crippen LogP contribution in [0.1, 0.15) is 110 Å². The van der Waals surface area contributed by atoms with E-state index in [9.17, 15) is 9.90 Å². The Balaban J connectivity index is -0.000000120.